The van der Waals surface area contributed by atoms with E-state index in [2.05, 4.69) is 33.1 Å². The zero-order valence-corrected chi connectivity index (χ0v) is 10.8. The Morgan fingerprint density at radius 2 is 2.00 bits per heavy atom. The molecule has 0 saturated heterocycles. The van der Waals surface area contributed by atoms with Crippen molar-refractivity contribution in [1.82, 2.24) is 10.3 Å². The molecule has 0 spiro atoms. The van der Waals surface area contributed by atoms with Gasteiger partial charge in [0.1, 0.15) is 5.01 Å². The molecule has 0 unspecified atom stereocenters. The first-order valence-electron chi connectivity index (χ1n) is 5.75. The molecule has 0 aliphatic carbocycles. The van der Waals surface area contributed by atoms with Crippen molar-refractivity contribution in [2.24, 2.45) is 0 Å². The van der Waals surface area contributed by atoms with E-state index in [1.54, 1.807) is 11.3 Å². The molecule has 0 radical (unpaired) electrons. The van der Waals surface area contributed by atoms with Crippen molar-refractivity contribution in [3.63, 3.8) is 0 Å². The number of benzene rings is 1. The number of thiazole rings is 1. The fourth-order valence-corrected chi connectivity index (χ4v) is 2.27. The topological polar surface area (TPSA) is 37.0 Å². The molecule has 1 aromatic heterocycles. The molecule has 17 heavy (non-hydrogen) atoms. The normalized spacial score (nSPS) is 10.4. The first-order chi connectivity index (χ1) is 8.34. The van der Waals surface area contributed by atoms with Gasteiger partial charge in [0.25, 0.3) is 0 Å². The van der Waals surface area contributed by atoms with Crippen LogP contribution in [0.25, 0.3) is 0 Å². The molecule has 3 nitrogen and oxygen atoms in total. The van der Waals surface area contributed by atoms with Gasteiger partial charge in [0.15, 0.2) is 0 Å². The smallest absolute Gasteiger partial charge is 0.107 e. The van der Waals surface area contributed by atoms with Gasteiger partial charge >= 0.3 is 0 Å². The van der Waals surface area contributed by atoms with E-state index in [9.17, 15) is 0 Å². The molecule has 0 bridgehead atoms. The van der Waals surface area contributed by atoms with E-state index >= 15 is 0 Å². The summed E-state index contributed by atoms with van der Waals surface area (Å²) in [6, 6.07) is 10.2. The van der Waals surface area contributed by atoms with Crippen molar-refractivity contribution in [2.75, 3.05) is 18.4 Å². The summed E-state index contributed by atoms with van der Waals surface area (Å²) in [5.74, 6) is 0. The van der Waals surface area contributed by atoms with Crippen LogP contribution in [0.5, 0.6) is 0 Å². The highest BCUT2D eigenvalue weighted by Gasteiger charge is 1.97. The molecule has 0 aliphatic heterocycles. The molecule has 2 N–H and O–H groups in total. The van der Waals surface area contributed by atoms with E-state index in [1.165, 1.54) is 5.69 Å². The van der Waals surface area contributed by atoms with Crippen LogP contribution in [0, 0.1) is 6.92 Å². The van der Waals surface area contributed by atoms with Gasteiger partial charge in [-0.15, -0.1) is 11.3 Å². The van der Waals surface area contributed by atoms with Gasteiger partial charge < -0.3 is 10.6 Å². The molecule has 1 aromatic carbocycles. The lowest BCUT2D eigenvalue weighted by Crippen LogP contribution is -2.21. The molecular weight excluding hydrogens is 230 g/mol. The molecule has 1 heterocycles. The monoisotopic (exact) mass is 247 g/mol. The Hall–Kier alpha value is -1.39. The molecule has 0 atom stereocenters. The minimum Gasteiger partial charge on any atom is -0.384 e. The summed E-state index contributed by atoms with van der Waals surface area (Å²) in [5, 5.41) is 9.96. The zero-order valence-electron chi connectivity index (χ0n) is 9.94. The third-order valence-corrected chi connectivity index (χ3v) is 3.31. The highest BCUT2D eigenvalue weighted by Crippen LogP contribution is 2.07. The van der Waals surface area contributed by atoms with Crippen LogP contribution in [-0.4, -0.2) is 18.1 Å². The first kappa shape index (κ1) is 12.1. The van der Waals surface area contributed by atoms with E-state index in [0.717, 1.165) is 30.3 Å². The number of aryl methyl sites for hydroxylation is 1. The standard InChI is InChI=1S/C13H17N3S/c1-11-10-17-13(16-11)9-14-7-8-15-12-5-3-2-4-6-12/h2-6,10,14-15H,7-9H2,1H3. The Morgan fingerprint density at radius 1 is 1.18 bits per heavy atom. The third kappa shape index (κ3) is 4.17. The molecule has 0 fully saturated rings. The molecule has 0 saturated carbocycles. The summed E-state index contributed by atoms with van der Waals surface area (Å²) in [6.45, 7) is 4.74. The second-order valence-electron chi connectivity index (χ2n) is 3.85. The lowest BCUT2D eigenvalue weighted by atomic mass is 10.3. The van der Waals surface area contributed by atoms with Gasteiger partial charge in [0.05, 0.1) is 0 Å². The predicted molar refractivity (Wildman–Crippen MR) is 73.5 cm³/mol. The van der Waals surface area contributed by atoms with Gasteiger partial charge in [0.2, 0.25) is 0 Å². The quantitative estimate of drug-likeness (QED) is 0.771. The molecule has 2 aromatic rings. The van der Waals surface area contributed by atoms with Gasteiger partial charge in [-0.1, -0.05) is 18.2 Å². The summed E-state index contributed by atoms with van der Waals surface area (Å²) in [7, 11) is 0. The van der Waals surface area contributed by atoms with Crippen LogP contribution >= 0.6 is 11.3 Å². The Kier molecular flexibility index (Phi) is 4.53. The van der Waals surface area contributed by atoms with Gasteiger partial charge in [-0.25, -0.2) is 4.98 Å². The Morgan fingerprint density at radius 3 is 2.71 bits per heavy atom. The van der Waals surface area contributed by atoms with Gasteiger partial charge in [-0.3, -0.25) is 0 Å². The number of hydrogen-bond donors (Lipinski definition) is 2. The molecule has 4 heteroatoms. The van der Waals surface area contributed by atoms with Crippen LogP contribution < -0.4 is 10.6 Å². The maximum atomic E-state index is 4.40. The summed E-state index contributed by atoms with van der Waals surface area (Å²) < 4.78 is 0. The van der Waals surface area contributed by atoms with Crippen molar-refractivity contribution in [3.8, 4) is 0 Å². The van der Waals surface area contributed by atoms with Crippen LogP contribution in [0.15, 0.2) is 35.7 Å². The summed E-state index contributed by atoms with van der Waals surface area (Å²) in [6.07, 6.45) is 0. The lowest BCUT2D eigenvalue weighted by Gasteiger charge is -2.06. The summed E-state index contributed by atoms with van der Waals surface area (Å²) >= 11 is 1.71. The average Bonchev–Trinajstić information content (AvgIpc) is 2.76. The number of anilines is 1. The number of aromatic nitrogens is 1. The number of hydrogen-bond acceptors (Lipinski definition) is 4. The Labute approximate surface area is 106 Å². The van der Waals surface area contributed by atoms with E-state index < -0.39 is 0 Å². The number of rotatable bonds is 6. The van der Waals surface area contributed by atoms with Crippen molar-refractivity contribution < 1.29 is 0 Å². The van der Waals surface area contributed by atoms with Gasteiger partial charge in [0, 0.05) is 36.4 Å². The highest BCUT2D eigenvalue weighted by atomic mass is 32.1. The van der Waals surface area contributed by atoms with Crippen molar-refractivity contribution >= 4 is 17.0 Å². The van der Waals surface area contributed by atoms with Crippen LogP contribution in [0.3, 0.4) is 0 Å². The molecule has 2 rings (SSSR count). The maximum absolute atomic E-state index is 4.40. The fourth-order valence-electron chi connectivity index (χ4n) is 1.53. The van der Waals surface area contributed by atoms with E-state index in [4.69, 9.17) is 0 Å². The van der Waals surface area contributed by atoms with Crippen molar-refractivity contribution in [1.29, 1.82) is 0 Å². The van der Waals surface area contributed by atoms with E-state index in [-0.39, 0.29) is 0 Å². The predicted octanol–water partition coefficient (Wildman–Crippen LogP) is 2.65. The average molecular weight is 247 g/mol. The van der Waals surface area contributed by atoms with E-state index in [1.807, 2.05) is 25.1 Å². The largest absolute Gasteiger partial charge is 0.384 e. The van der Waals surface area contributed by atoms with Crippen molar-refractivity contribution in [3.05, 3.63) is 46.4 Å². The van der Waals surface area contributed by atoms with Crippen LogP contribution in [0.4, 0.5) is 5.69 Å². The number of para-hydroxylation sites is 1. The second-order valence-corrected chi connectivity index (χ2v) is 4.79. The Balaban J connectivity index is 1.61. The third-order valence-electron chi connectivity index (χ3n) is 2.35. The van der Waals surface area contributed by atoms with Crippen molar-refractivity contribution in [2.45, 2.75) is 13.5 Å². The Bertz CT molecular complexity index is 439. The van der Waals surface area contributed by atoms with E-state index in [0.29, 0.717) is 0 Å². The van der Waals surface area contributed by atoms with Crippen LogP contribution in [0.2, 0.25) is 0 Å². The van der Waals surface area contributed by atoms with Crippen LogP contribution in [-0.2, 0) is 6.54 Å². The zero-order chi connectivity index (χ0) is 11.9. The van der Waals surface area contributed by atoms with Crippen LogP contribution in [0.1, 0.15) is 10.7 Å². The van der Waals surface area contributed by atoms with Gasteiger partial charge in [-0.05, 0) is 19.1 Å². The maximum Gasteiger partial charge on any atom is 0.107 e. The fraction of sp³-hybridized carbons (Fsp3) is 0.308. The molecule has 0 amide bonds. The molecule has 0 aliphatic rings. The van der Waals surface area contributed by atoms with Gasteiger partial charge in [-0.2, -0.15) is 0 Å². The summed E-state index contributed by atoms with van der Waals surface area (Å²) in [4.78, 5) is 4.40. The minimum atomic E-state index is 0.856. The second kappa shape index (κ2) is 6.37. The minimum absolute atomic E-state index is 0.856. The lowest BCUT2D eigenvalue weighted by molar-refractivity contribution is 0.702. The highest BCUT2D eigenvalue weighted by molar-refractivity contribution is 7.09. The summed E-state index contributed by atoms with van der Waals surface area (Å²) in [5.41, 5.74) is 2.27. The molecular formula is C13H17N3S. The first-order valence-corrected chi connectivity index (χ1v) is 6.63. The molecule has 90 valence electrons. The number of nitrogens with one attached hydrogen (secondary N) is 2. The SMILES string of the molecule is Cc1csc(CNCCNc2ccccc2)n1. The number of nitrogens with zero attached hydrogens (tertiary/aromatic N) is 1.